The van der Waals surface area contributed by atoms with Crippen molar-refractivity contribution in [1.29, 1.82) is 0 Å². The molecule has 1 aliphatic heterocycles. The summed E-state index contributed by atoms with van der Waals surface area (Å²) in [4.78, 5) is 17.9. The number of carbonyl (C=O) groups is 1. The number of aromatic nitrogens is 2. The summed E-state index contributed by atoms with van der Waals surface area (Å²) < 4.78 is 66.4. The molecule has 186 valence electrons. The lowest BCUT2D eigenvalue weighted by Gasteiger charge is -2.25. The largest absolute Gasteiger partial charge is 0.497 e. The number of alkyl halides is 3. The molecule has 3 N–H and O–H groups in total. The molecule has 0 atom stereocenters. The minimum atomic E-state index is -4.47. The molecule has 1 amide bonds. The first-order valence-corrected chi connectivity index (χ1v) is 12.3. The number of nitrogens with one attached hydrogen (secondary N) is 1. The van der Waals surface area contributed by atoms with E-state index in [2.05, 4.69) is 10.3 Å². The Hall–Kier alpha value is -3.80. The molecule has 0 bridgehead atoms. The minimum Gasteiger partial charge on any atom is -0.497 e. The number of benzene rings is 2. The van der Waals surface area contributed by atoms with E-state index in [0.29, 0.717) is 44.5 Å². The molecular weight excluding hydrogens is 495 g/mol. The number of hydrogen-bond donors (Lipinski definition) is 3. The molecule has 2 aromatic heterocycles. The molecule has 0 saturated heterocycles. The van der Waals surface area contributed by atoms with Crippen molar-refractivity contribution < 1.29 is 31.8 Å². The van der Waals surface area contributed by atoms with Gasteiger partial charge in [0.15, 0.2) is 0 Å². The van der Waals surface area contributed by atoms with Gasteiger partial charge in [0.05, 0.1) is 35.4 Å². The molecule has 1 aliphatic rings. The zero-order valence-electron chi connectivity index (χ0n) is 18.8. The number of rotatable bonds is 5. The molecule has 11 heteroatoms. The van der Waals surface area contributed by atoms with Gasteiger partial charge in [-0.05, 0) is 42.0 Å². The van der Waals surface area contributed by atoms with E-state index in [1.54, 1.807) is 40.9 Å². The van der Waals surface area contributed by atoms with Gasteiger partial charge in [0.2, 0.25) is 5.91 Å². The van der Waals surface area contributed by atoms with Gasteiger partial charge in [-0.1, -0.05) is 18.2 Å². The summed E-state index contributed by atoms with van der Waals surface area (Å²) in [6.45, 7) is 0. The van der Waals surface area contributed by atoms with Crippen molar-refractivity contribution in [2.45, 2.75) is 17.5 Å². The van der Waals surface area contributed by atoms with Crippen molar-refractivity contribution in [1.82, 2.24) is 9.38 Å². The van der Waals surface area contributed by atoms with Crippen LogP contribution < -0.4 is 10.1 Å². The normalized spacial score (nSPS) is 15.1. The first-order valence-electron chi connectivity index (χ1n) is 10.7. The Bertz CT molecular complexity index is 1510. The molecule has 3 heterocycles. The lowest BCUT2D eigenvalue weighted by atomic mass is 10.1. The second kappa shape index (κ2) is 8.70. The van der Waals surface area contributed by atoms with Crippen molar-refractivity contribution >= 4 is 33.9 Å². The van der Waals surface area contributed by atoms with Crippen molar-refractivity contribution in [2.24, 2.45) is 0 Å². The number of amides is 1. The Kier molecular flexibility index (Phi) is 5.78. The first kappa shape index (κ1) is 23.9. The van der Waals surface area contributed by atoms with Crippen LogP contribution in [0.2, 0.25) is 0 Å². The summed E-state index contributed by atoms with van der Waals surface area (Å²) in [6.07, 6.45) is -1.33. The first-order chi connectivity index (χ1) is 17.0. The van der Waals surface area contributed by atoms with Crippen LogP contribution in [0.25, 0.3) is 23.0 Å². The third-order valence-corrected chi connectivity index (χ3v) is 7.32. The van der Waals surface area contributed by atoms with Crippen molar-refractivity contribution in [3.63, 3.8) is 0 Å². The minimum absolute atomic E-state index is 0.143. The standard InChI is InChI=1S/C25H20F3N3O4S/c1-35-19-8-10-31-20(14-23(32)29-18-7-4-15-9-11-36(33,34)21(15)12-18)24(30-22(31)13-19)16-2-5-17(6-3-16)25(26,27)28/h2-13,33-34H,14H2,1H3,(H,29,32). The van der Waals surface area contributed by atoms with E-state index in [9.17, 15) is 27.1 Å². The van der Waals surface area contributed by atoms with Gasteiger partial charge in [-0.25, -0.2) is 4.98 Å². The number of hydrogen-bond acceptors (Lipinski definition) is 5. The monoisotopic (exact) mass is 515 g/mol. The van der Waals surface area contributed by atoms with Crippen LogP contribution in [0.5, 0.6) is 5.75 Å². The van der Waals surface area contributed by atoms with Crippen LogP contribution in [-0.2, 0) is 17.4 Å². The zero-order chi connectivity index (χ0) is 25.7. The van der Waals surface area contributed by atoms with Crippen molar-refractivity contribution in [2.75, 3.05) is 12.4 Å². The molecule has 2 aromatic carbocycles. The van der Waals surface area contributed by atoms with Gasteiger partial charge in [-0.3, -0.25) is 13.9 Å². The summed E-state index contributed by atoms with van der Waals surface area (Å²) in [6, 6.07) is 12.8. The maximum Gasteiger partial charge on any atom is 0.416 e. The van der Waals surface area contributed by atoms with E-state index in [4.69, 9.17) is 4.74 Å². The van der Waals surface area contributed by atoms with E-state index in [1.165, 1.54) is 30.7 Å². The zero-order valence-corrected chi connectivity index (χ0v) is 19.6. The second-order valence-electron chi connectivity index (χ2n) is 8.15. The van der Waals surface area contributed by atoms with Gasteiger partial charge < -0.3 is 14.5 Å². The Balaban J connectivity index is 1.49. The van der Waals surface area contributed by atoms with Gasteiger partial charge >= 0.3 is 6.18 Å². The second-order valence-corrected chi connectivity index (χ2v) is 10.0. The Morgan fingerprint density at radius 1 is 1.11 bits per heavy atom. The SMILES string of the molecule is COc1ccn2c(CC(=O)Nc3ccc4c(c3)S(O)(O)C=C4)c(-c3ccc(C(F)(F)F)cc3)nc2c1. The van der Waals surface area contributed by atoms with E-state index < -0.39 is 28.2 Å². The summed E-state index contributed by atoms with van der Waals surface area (Å²) >= 11 is 0. The number of carbonyl (C=O) groups excluding carboxylic acids is 1. The highest BCUT2D eigenvalue weighted by Crippen LogP contribution is 2.56. The number of nitrogens with zero attached hydrogens (tertiary/aromatic N) is 2. The fraction of sp³-hybridized carbons (Fsp3) is 0.120. The fourth-order valence-electron chi connectivity index (χ4n) is 4.03. The van der Waals surface area contributed by atoms with E-state index in [0.717, 1.165) is 12.1 Å². The average Bonchev–Trinajstić information content (AvgIpc) is 3.34. The smallest absolute Gasteiger partial charge is 0.416 e. The number of imidazole rings is 1. The fourth-order valence-corrected chi connectivity index (χ4v) is 5.30. The molecule has 4 aromatic rings. The molecule has 0 aliphatic carbocycles. The summed E-state index contributed by atoms with van der Waals surface area (Å²) in [7, 11) is -1.54. The molecule has 5 rings (SSSR count). The van der Waals surface area contributed by atoms with Gasteiger partial charge in [0, 0.05) is 28.9 Å². The van der Waals surface area contributed by atoms with E-state index >= 15 is 0 Å². The molecule has 36 heavy (non-hydrogen) atoms. The molecule has 0 saturated carbocycles. The lowest BCUT2D eigenvalue weighted by molar-refractivity contribution is -0.137. The lowest BCUT2D eigenvalue weighted by Crippen LogP contribution is -2.16. The van der Waals surface area contributed by atoms with Crippen LogP contribution in [0.3, 0.4) is 0 Å². The molecule has 0 unspecified atom stereocenters. The Labute approximate surface area is 205 Å². The molecule has 0 fully saturated rings. The van der Waals surface area contributed by atoms with Crippen LogP contribution in [-0.4, -0.2) is 31.5 Å². The summed E-state index contributed by atoms with van der Waals surface area (Å²) in [5.74, 6) is 0.122. The number of pyridine rings is 1. The number of halogens is 3. The van der Waals surface area contributed by atoms with E-state index in [-0.39, 0.29) is 6.42 Å². The number of ether oxygens (including phenoxy) is 1. The van der Waals surface area contributed by atoms with Crippen LogP contribution in [0.15, 0.2) is 71.1 Å². The topological polar surface area (TPSA) is 96.1 Å². The van der Waals surface area contributed by atoms with Crippen molar-refractivity contribution in [3.05, 3.63) is 83.0 Å². The van der Waals surface area contributed by atoms with Crippen LogP contribution in [0.4, 0.5) is 18.9 Å². The highest BCUT2D eigenvalue weighted by atomic mass is 32.3. The van der Waals surface area contributed by atoms with Gasteiger partial charge in [0.1, 0.15) is 11.4 Å². The number of methoxy groups -OCH3 is 1. The highest BCUT2D eigenvalue weighted by Gasteiger charge is 2.30. The third-order valence-electron chi connectivity index (χ3n) is 5.80. The third kappa shape index (κ3) is 4.43. The van der Waals surface area contributed by atoms with Crippen LogP contribution in [0.1, 0.15) is 16.8 Å². The molecular formula is C25H20F3N3O4S. The quantitative estimate of drug-likeness (QED) is 0.290. The summed E-state index contributed by atoms with van der Waals surface area (Å²) in [5.41, 5.74) is 1.97. The molecule has 0 radical (unpaired) electrons. The number of fused-ring (bicyclic) bond motifs is 2. The van der Waals surface area contributed by atoms with Crippen molar-refractivity contribution in [3.8, 4) is 17.0 Å². The number of anilines is 1. The van der Waals surface area contributed by atoms with Gasteiger partial charge in [-0.2, -0.15) is 13.2 Å². The van der Waals surface area contributed by atoms with Crippen LogP contribution >= 0.6 is 10.6 Å². The molecule has 0 spiro atoms. The predicted octanol–water partition coefficient (Wildman–Crippen LogP) is 6.30. The Morgan fingerprint density at radius 2 is 1.86 bits per heavy atom. The van der Waals surface area contributed by atoms with Gasteiger partial charge in [0.25, 0.3) is 0 Å². The maximum absolute atomic E-state index is 13.0. The van der Waals surface area contributed by atoms with E-state index in [1.807, 2.05) is 0 Å². The highest BCUT2D eigenvalue weighted by molar-refractivity contribution is 8.27. The van der Waals surface area contributed by atoms with Crippen LogP contribution in [0, 0.1) is 0 Å². The maximum atomic E-state index is 13.0. The average molecular weight is 516 g/mol. The summed E-state index contributed by atoms with van der Waals surface area (Å²) in [5, 5.41) is 4.08. The van der Waals surface area contributed by atoms with Gasteiger partial charge in [-0.15, -0.1) is 10.6 Å². The molecule has 7 nitrogen and oxygen atoms in total. The Morgan fingerprint density at radius 3 is 2.56 bits per heavy atom. The predicted molar refractivity (Wildman–Crippen MR) is 131 cm³/mol.